The van der Waals surface area contributed by atoms with Gasteiger partial charge in [-0.05, 0) is 80.2 Å². The van der Waals surface area contributed by atoms with E-state index < -0.39 is 0 Å². The van der Waals surface area contributed by atoms with Gasteiger partial charge in [0.15, 0.2) is 5.58 Å². The quantitative estimate of drug-likeness (QED) is 0.166. The Morgan fingerprint density at radius 1 is 0.296 bits per heavy atom. The molecule has 0 unspecified atom stereocenters. The highest BCUT2D eigenvalue weighted by Crippen LogP contribution is 2.46. The molecular formula is C52H35NO. The molecule has 9 aromatic carbocycles. The van der Waals surface area contributed by atoms with Gasteiger partial charge in [-0.15, -0.1) is 0 Å². The highest BCUT2D eigenvalue weighted by Gasteiger charge is 2.21. The van der Waals surface area contributed by atoms with Crippen LogP contribution in [0.25, 0.3) is 77.2 Å². The molecule has 0 amide bonds. The van der Waals surface area contributed by atoms with Gasteiger partial charge in [0.25, 0.3) is 0 Å². The van der Waals surface area contributed by atoms with Crippen LogP contribution in [-0.2, 0) is 0 Å². The Morgan fingerprint density at radius 3 is 1.44 bits per heavy atom. The minimum Gasteiger partial charge on any atom is -0.454 e. The average molecular weight is 690 g/mol. The third-order valence-corrected chi connectivity index (χ3v) is 10.5. The van der Waals surface area contributed by atoms with Crippen molar-refractivity contribution in [3.63, 3.8) is 0 Å². The van der Waals surface area contributed by atoms with Gasteiger partial charge < -0.3 is 9.32 Å². The minimum absolute atomic E-state index is 0.869. The maximum Gasteiger partial charge on any atom is 0.159 e. The number of furan rings is 1. The standard InChI is InChI=1S/C52H35NO/c1-2-16-36(17-3-1)40-20-6-8-23-43(40)45-25-10-11-26-46(45)44-24-9-7-21-41(44)38-32-34-39(35-33-38)53(49-29-14-19-37-18-4-5-22-42(37)49)50-30-15-28-48-47-27-12-13-31-51(47)54-52(48)50/h1-35H. The van der Waals surface area contributed by atoms with E-state index in [0.29, 0.717) is 0 Å². The first kappa shape index (κ1) is 31.6. The lowest BCUT2D eigenvalue weighted by atomic mass is 9.87. The predicted octanol–water partition coefficient (Wildman–Crippen LogP) is 14.9. The normalized spacial score (nSPS) is 11.3. The summed E-state index contributed by atoms with van der Waals surface area (Å²) in [5, 5.41) is 4.59. The minimum atomic E-state index is 0.869. The Hall–Kier alpha value is -7.16. The summed E-state index contributed by atoms with van der Waals surface area (Å²) in [6.45, 7) is 0. The van der Waals surface area contributed by atoms with Crippen LogP contribution in [0.1, 0.15) is 0 Å². The number of hydrogen-bond donors (Lipinski definition) is 0. The maximum atomic E-state index is 6.62. The zero-order valence-electron chi connectivity index (χ0n) is 29.6. The molecule has 10 rings (SSSR count). The van der Waals surface area contributed by atoms with Crippen molar-refractivity contribution >= 4 is 49.8 Å². The van der Waals surface area contributed by atoms with Crippen molar-refractivity contribution in [2.24, 2.45) is 0 Å². The number of fused-ring (bicyclic) bond motifs is 4. The van der Waals surface area contributed by atoms with Crippen molar-refractivity contribution < 1.29 is 4.42 Å². The van der Waals surface area contributed by atoms with E-state index >= 15 is 0 Å². The molecule has 0 aliphatic rings. The zero-order valence-corrected chi connectivity index (χ0v) is 29.6. The number of nitrogens with zero attached hydrogens (tertiary/aromatic N) is 1. The SMILES string of the molecule is c1ccc(-c2ccccc2-c2ccccc2-c2ccccc2-c2ccc(N(c3cccc4ccccc34)c3cccc4c3oc3ccccc34)cc2)cc1. The van der Waals surface area contributed by atoms with E-state index in [4.69, 9.17) is 4.42 Å². The number of hydrogen-bond acceptors (Lipinski definition) is 2. The van der Waals surface area contributed by atoms with E-state index in [1.165, 1.54) is 49.7 Å². The van der Waals surface area contributed by atoms with Crippen molar-refractivity contribution in [2.75, 3.05) is 4.90 Å². The first-order chi connectivity index (χ1) is 26.8. The van der Waals surface area contributed by atoms with Crippen LogP contribution in [0.5, 0.6) is 0 Å². The van der Waals surface area contributed by atoms with E-state index in [1.54, 1.807) is 0 Å². The molecule has 254 valence electrons. The van der Waals surface area contributed by atoms with Gasteiger partial charge in [-0.3, -0.25) is 0 Å². The lowest BCUT2D eigenvalue weighted by molar-refractivity contribution is 0.669. The molecule has 0 bridgehead atoms. The molecule has 0 radical (unpaired) electrons. The fraction of sp³-hybridized carbons (Fsp3) is 0. The van der Waals surface area contributed by atoms with E-state index in [0.717, 1.165) is 44.6 Å². The Balaban J connectivity index is 1.12. The smallest absolute Gasteiger partial charge is 0.159 e. The fourth-order valence-electron chi connectivity index (χ4n) is 8.02. The Kier molecular flexibility index (Phi) is 7.85. The van der Waals surface area contributed by atoms with Gasteiger partial charge in [-0.25, -0.2) is 0 Å². The van der Waals surface area contributed by atoms with Gasteiger partial charge in [-0.2, -0.15) is 0 Å². The molecule has 0 aliphatic carbocycles. The van der Waals surface area contributed by atoms with Gasteiger partial charge in [-0.1, -0.05) is 182 Å². The van der Waals surface area contributed by atoms with Crippen LogP contribution in [-0.4, -0.2) is 0 Å². The summed E-state index contributed by atoms with van der Waals surface area (Å²) in [4.78, 5) is 2.35. The largest absolute Gasteiger partial charge is 0.454 e. The lowest BCUT2D eigenvalue weighted by Crippen LogP contribution is -2.10. The third-order valence-electron chi connectivity index (χ3n) is 10.5. The Bertz CT molecular complexity index is 2930. The van der Waals surface area contributed by atoms with E-state index in [1.807, 2.05) is 12.1 Å². The second-order valence-corrected chi connectivity index (χ2v) is 13.6. The van der Waals surface area contributed by atoms with E-state index in [2.05, 4.69) is 205 Å². The zero-order chi connectivity index (χ0) is 35.8. The highest BCUT2D eigenvalue weighted by molar-refractivity contribution is 6.11. The van der Waals surface area contributed by atoms with Crippen LogP contribution in [0.3, 0.4) is 0 Å². The predicted molar refractivity (Wildman–Crippen MR) is 228 cm³/mol. The van der Waals surface area contributed by atoms with Crippen molar-refractivity contribution in [3.05, 3.63) is 212 Å². The number of anilines is 3. The molecule has 0 saturated carbocycles. The van der Waals surface area contributed by atoms with Crippen molar-refractivity contribution in [3.8, 4) is 44.5 Å². The van der Waals surface area contributed by atoms with Crippen LogP contribution in [0.4, 0.5) is 17.1 Å². The lowest BCUT2D eigenvalue weighted by Gasteiger charge is -2.27. The number of benzene rings is 9. The molecule has 0 aliphatic heterocycles. The fourth-order valence-corrected chi connectivity index (χ4v) is 8.02. The molecule has 2 nitrogen and oxygen atoms in total. The van der Waals surface area contributed by atoms with Crippen molar-refractivity contribution in [2.45, 2.75) is 0 Å². The molecule has 54 heavy (non-hydrogen) atoms. The number of rotatable bonds is 7. The average Bonchev–Trinajstić information content (AvgIpc) is 3.64. The molecule has 0 saturated heterocycles. The number of para-hydroxylation sites is 2. The monoisotopic (exact) mass is 689 g/mol. The molecule has 1 aromatic heterocycles. The van der Waals surface area contributed by atoms with Gasteiger partial charge in [0, 0.05) is 21.8 Å². The summed E-state index contributed by atoms with van der Waals surface area (Å²) >= 11 is 0. The Labute approximate surface area is 314 Å². The van der Waals surface area contributed by atoms with Gasteiger partial charge in [0.05, 0.1) is 11.4 Å². The first-order valence-corrected chi connectivity index (χ1v) is 18.4. The van der Waals surface area contributed by atoms with Crippen LogP contribution in [0.15, 0.2) is 217 Å². The molecule has 10 aromatic rings. The second-order valence-electron chi connectivity index (χ2n) is 13.6. The topological polar surface area (TPSA) is 16.4 Å². The summed E-state index contributed by atoms with van der Waals surface area (Å²) in [6, 6.07) is 75.8. The van der Waals surface area contributed by atoms with Crippen LogP contribution >= 0.6 is 0 Å². The Morgan fingerprint density at radius 2 is 0.759 bits per heavy atom. The second kappa shape index (κ2) is 13.4. The third kappa shape index (κ3) is 5.44. The molecule has 1 heterocycles. The summed E-state index contributed by atoms with van der Waals surface area (Å²) in [5.74, 6) is 0. The van der Waals surface area contributed by atoms with Gasteiger partial charge >= 0.3 is 0 Å². The molecule has 0 spiro atoms. The van der Waals surface area contributed by atoms with E-state index in [-0.39, 0.29) is 0 Å². The van der Waals surface area contributed by atoms with Crippen LogP contribution in [0.2, 0.25) is 0 Å². The molecule has 0 fully saturated rings. The van der Waals surface area contributed by atoms with E-state index in [9.17, 15) is 0 Å². The summed E-state index contributed by atoms with van der Waals surface area (Å²) in [6.07, 6.45) is 0. The molecular weight excluding hydrogens is 655 g/mol. The summed E-state index contributed by atoms with van der Waals surface area (Å²) in [5.41, 5.74) is 14.5. The summed E-state index contributed by atoms with van der Waals surface area (Å²) in [7, 11) is 0. The van der Waals surface area contributed by atoms with Crippen molar-refractivity contribution in [1.29, 1.82) is 0 Å². The molecule has 0 atom stereocenters. The van der Waals surface area contributed by atoms with Gasteiger partial charge in [0.2, 0.25) is 0 Å². The molecule has 2 heteroatoms. The molecule has 0 N–H and O–H groups in total. The van der Waals surface area contributed by atoms with Crippen molar-refractivity contribution in [1.82, 2.24) is 0 Å². The van der Waals surface area contributed by atoms with Crippen LogP contribution in [0, 0.1) is 0 Å². The first-order valence-electron chi connectivity index (χ1n) is 18.4. The van der Waals surface area contributed by atoms with Crippen LogP contribution < -0.4 is 4.90 Å². The summed E-state index contributed by atoms with van der Waals surface area (Å²) < 4.78 is 6.62. The van der Waals surface area contributed by atoms with Gasteiger partial charge in [0.1, 0.15) is 5.58 Å². The highest BCUT2D eigenvalue weighted by atomic mass is 16.3. The maximum absolute atomic E-state index is 6.62.